The number of pyridine rings is 1. The van der Waals surface area contributed by atoms with Crippen molar-refractivity contribution in [2.24, 2.45) is 0 Å². The fraction of sp³-hybridized carbons (Fsp3) is 0.556. The first kappa shape index (κ1) is 24.6. The van der Waals surface area contributed by atoms with E-state index in [2.05, 4.69) is 14.7 Å². The predicted octanol–water partition coefficient (Wildman–Crippen LogP) is 0.261. The zero-order valence-corrected chi connectivity index (χ0v) is 18.3. The van der Waals surface area contributed by atoms with E-state index in [1.54, 1.807) is 12.4 Å². The molecule has 3 N–H and O–H groups in total. The fourth-order valence-electron chi connectivity index (χ4n) is 3.79. The second-order valence-electron chi connectivity index (χ2n) is 7.59. The summed E-state index contributed by atoms with van der Waals surface area (Å²) in [5, 5.41) is 9.46. The molecule has 3 fully saturated rings. The van der Waals surface area contributed by atoms with Crippen molar-refractivity contribution >= 4 is 28.4 Å². The third kappa shape index (κ3) is 6.74. The number of carboxylic acid groups (broad SMARTS) is 1. The minimum absolute atomic E-state index is 0.0867. The molecule has 4 heterocycles. The number of hydroxylamine groups is 3. The Morgan fingerprint density at radius 2 is 1.76 bits per heavy atom. The van der Waals surface area contributed by atoms with E-state index in [0.29, 0.717) is 37.4 Å². The Morgan fingerprint density at radius 1 is 1.09 bits per heavy atom. The second kappa shape index (κ2) is 10.7. The van der Waals surface area contributed by atoms with E-state index < -0.39 is 40.5 Å². The molecule has 3 aliphatic rings. The van der Waals surface area contributed by atoms with Crippen LogP contribution in [0.25, 0.3) is 0 Å². The summed E-state index contributed by atoms with van der Waals surface area (Å²) in [6.45, 7) is 0.685. The van der Waals surface area contributed by atoms with Crippen LogP contribution in [0, 0.1) is 0 Å². The van der Waals surface area contributed by atoms with Crippen LogP contribution < -0.4 is 5.48 Å². The fourth-order valence-corrected chi connectivity index (χ4v) is 4.18. The molecular weight excluding hydrogens is 462 g/mol. The average Bonchev–Trinajstić information content (AvgIpc) is 3.03. The predicted molar refractivity (Wildman–Crippen MR) is 109 cm³/mol. The molecule has 2 atom stereocenters. The van der Waals surface area contributed by atoms with Crippen LogP contribution >= 0.6 is 0 Å². The first-order valence-electron chi connectivity index (χ1n) is 10.2. The molecule has 0 unspecified atom stereocenters. The summed E-state index contributed by atoms with van der Waals surface area (Å²) in [6.07, 6.45) is 3.60. The maximum atomic E-state index is 12.4. The highest BCUT2D eigenvalue weighted by atomic mass is 32.3. The molecule has 33 heavy (non-hydrogen) atoms. The number of hydrogen-bond acceptors (Lipinski definition) is 8. The molecule has 0 spiro atoms. The highest BCUT2D eigenvalue weighted by molar-refractivity contribution is 7.80. The van der Waals surface area contributed by atoms with Gasteiger partial charge in [0.25, 0.3) is 5.91 Å². The number of nitrogens with one attached hydrogen (secondary N) is 1. The van der Waals surface area contributed by atoms with Crippen molar-refractivity contribution < 1.29 is 41.6 Å². The summed E-state index contributed by atoms with van der Waals surface area (Å²) >= 11 is 0. The first-order valence-corrected chi connectivity index (χ1v) is 11.6. The van der Waals surface area contributed by atoms with Gasteiger partial charge in [-0.2, -0.15) is 13.5 Å². The van der Waals surface area contributed by atoms with Gasteiger partial charge in [-0.25, -0.2) is 15.1 Å². The molecule has 182 valence electrons. The largest absolute Gasteiger partial charge is 0.465 e. The van der Waals surface area contributed by atoms with E-state index in [9.17, 15) is 22.8 Å². The van der Waals surface area contributed by atoms with Crippen LogP contribution in [0.5, 0.6) is 0 Å². The Kier molecular flexibility index (Phi) is 8.01. The summed E-state index contributed by atoms with van der Waals surface area (Å²) in [6, 6.07) is 3.45. The second-order valence-corrected chi connectivity index (χ2v) is 8.59. The minimum atomic E-state index is -4.84. The highest BCUT2D eigenvalue weighted by Gasteiger charge is 2.49. The molecule has 1 aromatic heterocycles. The van der Waals surface area contributed by atoms with Gasteiger partial charge in [-0.15, -0.1) is 4.28 Å². The smallest absolute Gasteiger partial charge is 0.418 e. The Balaban J connectivity index is 0.000000442. The number of hydrogen-bond donors (Lipinski definition) is 3. The normalized spacial score (nSPS) is 23.1. The minimum Gasteiger partial charge on any atom is -0.465 e. The van der Waals surface area contributed by atoms with Crippen molar-refractivity contribution in [3.8, 4) is 0 Å². The number of aromatic nitrogens is 1. The zero-order valence-electron chi connectivity index (χ0n) is 17.5. The third-order valence-electron chi connectivity index (χ3n) is 5.41. The van der Waals surface area contributed by atoms with E-state index >= 15 is 0 Å². The van der Waals surface area contributed by atoms with Gasteiger partial charge in [-0.1, -0.05) is 6.07 Å². The molecule has 2 bridgehead atoms. The van der Waals surface area contributed by atoms with Gasteiger partial charge >= 0.3 is 22.5 Å². The molecule has 3 aliphatic heterocycles. The summed E-state index contributed by atoms with van der Waals surface area (Å²) in [5.41, 5.74) is 2.31. The van der Waals surface area contributed by atoms with Gasteiger partial charge in [0.1, 0.15) is 6.04 Å². The lowest BCUT2D eigenvalue weighted by Crippen LogP contribution is -2.51. The van der Waals surface area contributed by atoms with E-state index in [1.165, 1.54) is 4.90 Å². The molecule has 0 aromatic carbocycles. The SMILES string of the molecule is O=C(NOC1CCN(C(=O)O)CC1)[C@@H]1CC[C@@H]2CN1C(=O)N2OS(=O)(=O)O.c1ccncc1. The van der Waals surface area contributed by atoms with Crippen LogP contribution in [0.2, 0.25) is 0 Å². The summed E-state index contributed by atoms with van der Waals surface area (Å²) in [5.74, 6) is -0.559. The van der Waals surface area contributed by atoms with Crippen LogP contribution in [-0.4, -0.2) is 93.8 Å². The number of piperidine rings is 2. The summed E-state index contributed by atoms with van der Waals surface area (Å²) in [7, 11) is -4.84. The van der Waals surface area contributed by atoms with Crippen LogP contribution in [-0.2, 0) is 24.3 Å². The van der Waals surface area contributed by atoms with Crippen molar-refractivity contribution in [1.82, 2.24) is 25.3 Å². The molecule has 0 saturated carbocycles. The number of nitrogens with zero attached hydrogens (tertiary/aromatic N) is 4. The van der Waals surface area contributed by atoms with Gasteiger partial charge in [-0.3, -0.25) is 19.2 Å². The van der Waals surface area contributed by atoms with Gasteiger partial charge < -0.3 is 14.9 Å². The van der Waals surface area contributed by atoms with Crippen LogP contribution in [0.1, 0.15) is 25.7 Å². The molecule has 4 rings (SSSR count). The Hall–Kier alpha value is -3.01. The molecule has 3 saturated heterocycles. The van der Waals surface area contributed by atoms with E-state index in [-0.39, 0.29) is 19.1 Å². The van der Waals surface area contributed by atoms with Crippen LogP contribution in [0.15, 0.2) is 30.6 Å². The van der Waals surface area contributed by atoms with Gasteiger partial charge in [0.2, 0.25) is 0 Å². The number of rotatable bonds is 5. The number of carbonyl (C=O) groups excluding carboxylic acids is 2. The van der Waals surface area contributed by atoms with Crippen LogP contribution in [0.4, 0.5) is 9.59 Å². The Labute approximate surface area is 189 Å². The van der Waals surface area contributed by atoms with Crippen molar-refractivity contribution in [3.05, 3.63) is 30.6 Å². The molecule has 14 nitrogen and oxygen atoms in total. The highest BCUT2D eigenvalue weighted by Crippen LogP contribution is 2.30. The lowest BCUT2D eigenvalue weighted by molar-refractivity contribution is -0.145. The molecular formula is C18H25N5O9S. The molecule has 15 heteroatoms. The average molecular weight is 487 g/mol. The first-order chi connectivity index (χ1) is 15.7. The summed E-state index contributed by atoms with van der Waals surface area (Å²) < 4.78 is 34.8. The van der Waals surface area contributed by atoms with Gasteiger partial charge in [0, 0.05) is 32.0 Å². The molecule has 0 aliphatic carbocycles. The number of amides is 4. The van der Waals surface area contributed by atoms with Gasteiger partial charge in [-0.05, 0) is 37.8 Å². The number of fused-ring (bicyclic) bond motifs is 2. The van der Waals surface area contributed by atoms with Gasteiger partial charge in [0.15, 0.2) is 0 Å². The van der Waals surface area contributed by atoms with E-state index in [1.807, 2.05) is 18.2 Å². The lowest BCUT2D eigenvalue weighted by atomic mass is 10.0. The van der Waals surface area contributed by atoms with Gasteiger partial charge in [0.05, 0.1) is 12.1 Å². The number of likely N-dealkylation sites (tertiary alicyclic amines) is 1. The molecule has 1 aromatic rings. The third-order valence-corrected chi connectivity index (χ3v) is 5.75. The molecule has 4 amide bonds. The summed E-state index contributed by atoms with van der Waals surface area (Å²) in [4.78, 5) is 47.0. The van der Waals surface area contributed by atoms with Crippen molar-refractivity contribution in [2.45, 2.75) is 43.9 Å². The monoisotopic (exact) mass is 487 g/mol. The lowest BCUT2D eigenvalue weighted by Gasteiger charge is -2.31. The standard InChI is InChI=1S/C13H20N4O9S.C5H5N/c18-11(14-25-9-3-5-15(6-4-9)13(20)21)10-2-1-8-7-16(10)12(19)17(8)26-27(22,23)24;1-2-4-6-5-3-1/h8-10H,1-7H2,(H,14,18)(H,20,21)(H,22,23,24);1-5H/t8-,10+;/m1./s1. The van der Waals surface area contributed by atoms with E-state index in [0.717, 1.165) is 4.90 Å². The quantitative estimate of drug-likeness (QED) is 0.385. The van der Waals surface area contributed by atoms with Crippen molar-refractivity contribution in [1.29, 1.82) is 0 Å². The molecule has 0 radical (unpaired) electrons. The van der Waals surface area contributed by atoms with Crippen LogP contribution in [0.3, 0.4) is 0 Å². The van der Waals surface area contributed by atoms with Crippen molar-refractivity contribution in [3.63, 3.8) is 0 Å². The maximum absolute atomic E-state index is 12.4. The number of carbonyl (C=O) groups is 3. The topological polar surface area (TPSA) is 179 Å². The Morgan fingerprint density at radius 3 is 2.27 bits per heavy atom. The number of urea groups is 1. The Bertz CT molecular complexity index is 913. The van der Waals surface area contributed by atoms with E-state index in [4.69, 9.17) is 14.5 Å². The maximum Gasteiger partial charge on any atom is 0.418 e. The zero-order chi connectivity index (χ0) is 24.0. The van der Waals surface area contributed by atoms with Crippen molar-refractivity contribution in [2.75, 3.05) is 19.6 Å².